The fraction of sp³-hybridized carbons (Fsp3) is 0.667. The molecule has 1 aromatic carbocycles. The Bertz CT molecular complexity index is 753. The summed E-state index contributed by atoms with van der Waals surface area (Å²) in [5.41, 5.74) is 2.13. The quantitative estimate of drug-likeness (QED) is 0.261. The number of ether oxygens (including phenoxy) is 2. The van der Waals surface area contributed by atoms with E-state index in [1.54, 1.807) is 0 Å². The van der Waals surface area contributed by atoms with Crippen molar-refractivity contribution >= 4 is 16.0 Å². The Balaban J connectivity index is 2.67. The number of hydrogen-bond donors (Lipinski definition) is 2. The van der Waals surface area contributed by atoms with Gasteiger partial charge in [0, 0.05) is 38.3 Å². The Kier molecular flexibility index (Phi) is 12.4. The van der Waals surface area contributed by atoms with Gasteiger partial charge in [0.25, 0.3) is 0 Å². The van der Waals surface area contributed by atoms with Gasteiger partial charge < -0.3 is 20.1 Å². The molecule has 0 bridgehead atoms. The number of aryl methyl sites for hydroxylation is 1. The standard InChI is InChI=1S/C21H38N4O4S/c1-6-22-21(23-12-9-13-25(7-2)30(5,26)27)24-17-19-11-10-18(4)16-20(19)29-15-14-28-8-3/h10-11,16H,6-9,12-15,17H2,1-5H3,(H2,22,23,24). The van der Waals surface area contributed by atoms with Gasteiger partial charge in [0.15, 0.2) is 5.96 Å². The van der Waals surface area contributed by atoms with Gasteiger partial charge in [-0.05, 0) is 38.8 Å². The molecule has 0 aromatic heterocycles. The number of nitrogens with one attached hydrogen (secondary N) is 2. The van der Waals surface area contributed by atoms with E-state index in [1.807, 2.05) is 45.9 Å². The number of guanidine groups is 1. The maximum Gasteiger partial charge on any atom is 0.211 e. The number of rotatable bonds is 14. The number of aliphatic imine (C=N–C) groups is 1. The Morgan fingerprint density at radius 2 is 1.93 bits per heavy atom. The van der Waals surface area contributed by atoms with Crippen molar-refractivity contribution < 1.29 is 17.9 Å². The molecule has 0 fully saturated rings. The minimum absolute atomic E-state index is 0.476. The molecule has 0 saturated carbocycles. The second-order valence-electron chi connectivity index (χ2n) is 6.89. The van der Waals surface area contributed by atoms with Crippen LogP contribution in [0.4, 0.5) is 0 Å². The van der Waals surface area contributed by atoms with Crippen LogP contribution in [0.5, 0.6) is 5.75 Å². The summed E-state index contributed by atoms with van der Waals surface area (Å²) in [6.07, 6.45) is 1.94. The maximum absolute atomic E-state index is 11.7. The molecule has 0 aliphatic carbocycles. The fourth-order valence-corrected chi connectivity index (χ4v) is 3.74. The molecule has 8 nitrogen and oxygen atoms in total. The molecule has 9 heteroatoms. The first kappa shape index (κ1) is 26.2. The van der Waals surface area contributed by atoms with Crippen molar-refractivity contribution in [3.8, 4) is 5.75 Å². The third-order valence-corrected chi connectivity index (χ3v) is 5.74. The fourth-order valence-electron chi connectivity index (χ4n) is 2.81. The van der Waals surface area contributed by atoms with E-state index in [1.165, 1.54) is 10.6 Å². The van der Waals surface area contributed by atoms with Gasteiger partial charge in [-0.2, -0.15) is 0 Å². The largest absolute Gasteiger partial charge is 0.491 e. The van der Waals surface area contributed by atoms with Gasteiger partial charge in [0.1, 0.15) is 12.4 Å². The summed E-state index contributed by atoms with van der Waals surface area (Å²) in [4.78, 5) is 4.66. The van der Waals surface area contributed by atoms with Crippen LogP contribution in [0.3, 0.4) is 0 Å². The minimum Gasteiger partial charge on any atom is -0.491 e. The summed E-state index contributed by atoms with van der Waals surface area (Å²) in [6.45, 7) is 12.4. The molecule has 30 heavy (non-hydrogen) atoms. The lowest BCUT2D eigenvalue weighted by molar-refractivity contribution is 0.110. The van der Waals surface area contributed by atoms with Crippen molar-refractivity contribution in [1.82, 2.24) is 14.9 Å². The smallest absolute Gasteiger partial charge is 0.211 e. The molecule has 0 amide bonds. The third-order valence-electron chi connectivity index (χ3n) is 4.36. The Morgan fingerprint density at radius 1 is 1.17 bits per heavy atom. The highest BCUT2D eigenvalue weighted by atomic mass is 32.2. The lowest BCUT2D eigenvalue weighted by Gasteiger charge is -2.18. The zero-order chi connectivity index (χ0) is 22.4. The summed E-state index contributed by atoms with van der Waals surface area (Å²) in [5, 5.41) is 6.49. The molecule has 172 valence electrons. The third kappa shape index (κ3) is 10.3. The van der Waals surface area contributed by atoms with Crippen molar-refractivity contribution in [3.05, 3.63) is 29.3 Å². The van der Waals surface area contributed by atoms with E-state index in [0.29, 0.717) is 58.4 Å². The number of benzene rings is 1. The first-order valence-electron chi connectivity index (χ1n) is 10.6. The van der Waals surface area contributed by atoms with Crippen LogP contribution in [0, 0.1) is 6.92 Å². The Labute approximate surface area is 182 Å². The van der Waals surface area contributed by atoms with E-state index >= 15 is 0 Å². The van der Waals surface area contributed by atoms with Gasteiger partial charge in [-0.15, -0.1) is 0 Å². The molecule has 0 heterocycles. The highest BCUT2D eigenvalue weighted by molar-refractivity contribution is 7.88. The monoisotopic (exact) mass is 442 g/mol. The second-order valence-corrected chi connectivity index (χ2v) is 8.87. The van der Waals surface area contributed by atoms with Gasteiger partial charge >= 0.3 is 0 Å². The summed E-state index contributed by atoms with van der Waals surface area (Å²) >= 11 is 0. The molecule has 2 N–H and O–H groups in total. The number of nitrogens with zero attached hydrogens (tertiary/aromatic N) is 2. The predicted octanol–water partition coefficient (Wildman–Crippen LogP) is 2.14. The van der Waals surface area contributed by atoms with Crippen LogP contribution in [-0.2, 0) is 21.3 Å². The highest BCUT2D eigenvalue weighted by Crippen LogP contribution is 2.21. The first-order chi connectivity index (χ1) is 14.3. The van der Waals surface area contributed by atoms with Crippen LogP contribution in [0.25, 0.3) is 0 Å². The average molecular weight is 443 g/mol. The molecular weight excluding hydrogens is 404 g/mol. The summed E-state index contributed by atoms with van der Waals surface area (Å²) in [6, 6.07) is 6.09. The van der Waals surface area contributed by atoms with Crippen molar-refractivity contribution in [2.24, 2.45) is 4.99 Å². The summed E-state index contributed by atoms with van der Waals surface area (Å²) < 4.78 is 36.0. The molecular formula is C21H38N4O4S. The van der Waals surface area contributed by atoms with Crippen LogP contribution in [-0.4, -0.2) is 70.9 Å². The van der Waals surface area contributed by atoms with E-state index in [2.05, 4.69) is 15.6 Å². The predicted molar refractivity (Wildman–Crippen MR) is 123 cm³/mol. The van der Waals surface area contributed by atoms with Gasteiger partial charge in [-0.25, -0.2) is 17.7 Å². The summed E-state index contributed by atoms with van der Waals surface area (Å²) in [7, 11) is -3.16. The minimum atomic E-state index is -3.16. The van der Waals surface area contributed by atoms with E-state index in [9.17, 15) is 8.42 Å². The highest BCUT2D eigenvalue weighted by Gasteiger charge is 2.13. The molecule has 0 aliphatic heterocycles. The topological polar surface area (TPSA) is 92.3 Å². The van der Waals surface area contributed by atoms with Crippen LogP contribution in [0.15, 0.2) is 23.2 Å². The molecule has 0 saturated heterocycles. The van der Waals surface area contributed by atoms with E-state index in [4.69, 9.17) is 9.47 Å². The SMILES string of the molecule is CCNC(=NCc1ccc(C)cc1OCCOCC)NCCCN(CC)S(C)(=O)=O. The Hall–Kier alpha value is -1.84. The van der Waals surface area contributed by atoms with E-state index in [-0.39, 0.29) is 0 Å². The molecule has 0 atom stereocenters. The molecule has 1 rings (SSSR count). The van der Waals surface area contributed by atoms with Crippen LogP contribution >= 0.6 is 0 Å². The van der Waals surface area contributed by atoms with Crippen LogP contribution in [0.1, 0.15) is 38.3 Å². The Morgan fingerprint density at radius 3 is 2.57 bits per heavy atom. The molecule has 0 radical (unpaired) electrons. The zero-order valence-corrected chi connectivity index (χ0v) is 19.8. The molecule has 0 unspecified atom stereocenters. The van der Waals surface area contributed by atoms with Gasteiger partial charge in [0.05, 0.1) is 19.4 Å². The van der Waals surface area contributed by atoms with Crippen molar-refractivity contribution in [3.63, 3.8) is 0 Å². The van der Waals surface area contributed by atoms with Crippen molar-refractivity contribution in [2.45, 2.75) is 40.7 Å². The summed E-state index contributed by atoms with van der Waals surface area (Å²) in [5.74, 6) is 1.52. The zero-order valence-electron chi connectivity index (χ0n) is 19.0. The average Bonchev–Trinajstić information content (AvgIpc) is 2.69. The van der Waals surface area contributed by atoms with E-state index < -0.39 is 10.0 Å². The van der Waals surface area contributed by atoms with E-state index in [0.717, 1.165) is 23.4 Å². The first-order valence-corrected chi connectivity index (χ1v) is 12.4. The molecule has 0 spiro atoms. The normalized spacial score (nSPS) is 12.3. The second kappa shape index (κ2) is 14.2. The van der Waals surface area contributed by atoms with Crippen molar-refractivity contribution in [2.75, 3.05) is 52.3 Å². The van der Waals surface area contributed by atoms with Crippen LogP contribution in [0.2, 0.25) is 0 Å². The lowest BCUT2D eigenvalue weighted by Crippen LogP contribution is -2.39. The van der Waals surface area contributed by atoms with Gasteiger partial charge in [-0.3, -0.25) is 0 Å². The lowest BCUT2D eigenvalue weighted by atomic mass is 10.1. The maximum atomic E-state index is 11.7. The van der Waals surface area contributed by atoms with Gasteiger partial charge in [-0.1, -0.05) is 19.1 Å². The number of sulfonamides is 1. The van der Waals surface area contributed by atoms with Gasteiger partial charge in [0.2, 0.25) is 10.0 Å². The van der Waals surface area contributed by atoms with Crippen molar-refractivity contribution in [1.29, 1.82) is 0 Å². The molecule has 1 aromatic rings. The molecule has 0 aliphatic rings. The van der Waals surface area contributed by atoms with Crippen LogP contribution < -0.4 is 15.4 Å². The number of hydrogen-bond acceptors (Lipinski definition) is 5.